The summed E-state index contributed by atoms with van der Waals surface area (Å²) >= 11 is 0. The van der Waals surface area contributed by atoms with Gasteiger partial charge in [-0.15, -0.1) is 0 Å². The van der Waals surface area contributed by atoms with E-state index in [2.05, 4.69) is 0 Å². The van der Waals surface area contributed by atoms with Crippen molar-refractivity contribution in [2.24, 2.45) is 5.73 Å². The lowest BCUT2D eigenvalue weighted by molar-refractivity contribution is -0.140. The van der Waals surface area contributed by atoms with Gasteiger partial charge in [0, 0.05) is 0 Å². The van der Waals surface area contributed by atoms with Crippen LogP contribution in [-0.2, 0) is 4.79 Å². The average Bonchev–Trinajstić information content (AvgIpc) is 1.63. The molecule has 0 amide bonds. The Morgan fingerprint density at radius 3 is 2.11 bits per heavy atom. The molecule has 0 bridgehead atoms. The number of rotatable bonds is 3. The lowest BCUT2D eigenvalue weighted by Crippen LogP contribution is -2.36. The zero-order valence-electron chi connectivity index (χ0n) is 4.69. The molecule has 0 radical (unpaired) electrons. The highest BCUT2D eigenvalue weighted by Gasteiger charge is 2.13. The number of carbonyl (C=O) groups is 1. The topological polar surface area (TPSA) is 104 Å². The summed E-state index contributed by atoms with van der Waals surface area (Å²) in [6.45, 7) is 0. The molecule has 0 aliphatic carbocycles. The van der Waals surface area contributed by atoms with E-state index in [-0.39, 0.29) is 0 Å². The van der Waals surface area contributed by atoms with Gasteiger partial charge in [-0.2, -0.15) is 0 Å². The van der Waals surface area contributed by atoms with Crippen molar-refractivity contribution in [3.8, 4) is 0 Å². The zero-order valence-corrected chi connectivity index (χ0v) is 4.69. The van der Waals surface area contributed by atoms with E-state index in [0.29, 0.717) is 0 Å². The molecule has 0 aromatic carbocycles. The number of aliphatic hydroxyl groups excluding tert-OH is 1. The number of hydrogen-bond donors (Lipinski definition) is 4. The lowest BCUT2D eigenvalue weighted by atomic mass is 10.2. The molecule has 0 aromatic heterocycles. The van der Waals surface area contributed by atoms with Crippen LogP contribution < -0.4 is 5.73 Å². The van der Waals surface area contributed by atoms with Gasteiger partial charge in [0.15, 0.2) is 6.29 Å². The normalized spacial score (nSPS) is 13.8. The van der Waals surface area contributed by atoms with Gasteiger partial charge in [-0.1, -0.05) is 0 Å². The fourth-order valence-corrected chi connectivity index (χ4v) is 0.307. The number of hydrogen-bond acceptors (Lipinski definition) is 4. The van der Waals surface area contributed by atoms with Gasteiger partial charge in [0.1, 0.15) is 0 Å². The maximum absolute atomic E-state index is 9.81. The second-order valence-corrected chi connectivity index (χ2v) is 1.68. The first-order chi connectivity index (χ1) is 4.04. The summed E-state index contributed by atoms with van der Waals surface area (Å²) in [7, 11) is 0. The summed E-state index contributed by atoms with van der Waals surface area (Å²) in [5, 5.41) is 24.5. The Morgan fingerprint density at radius 1 is 1.56 bits per heavy atom. The molecule has 0 aliphatic heterocycles. The Labute approximate surface area is 51.7 Å². The molecule has 0 fully saturated rings. The van der Waals surface area contributed by atoms with Gasteiger partial charge < -0.3 is 21.1 Å². The maximum Gasteiger partial charge on any atom is 0.305 e. The third-order valence-electron chi connectivity index (χ3n) is 0.793. The summed E-state index contributed by atoms with van der Waals surface area (Å²) in [5.41, 5.74) is 4.94. The molecule has 54 valence electrons. The van der Waals surface area contributed by atoms with E-state index in [0.717, 1.165) is 0 Å². The van der Waals surface area contributed by atoms with E-state index >= 15 is 0 Å². The van der Waals surface area contributed by atoms with E-state index in [1.54, 1.807) is 0 Å². The molecule has 0 aromatic rings. The first-order valence-electron chi connectivity index (χ1n) is 2.37. The van der Waals surface area contributed by atoms with Crippen LogP contribution in [0.2, 0.25) is 0 Å². The largest absolute Gasteiger partial charge is 0.481 e. The SMILES string of the molecule is N[C@@H](CC(=O)O)C(O)O. The second kappa shape index (κ2) is 3.39. The third kappa shape index (κ3) is 3.89. The van der Waals surface area contributed by atoms with Gasteiger partial charge in [-0.05, 0) is 0 Å². The summed E-state index contributed by atoms with van der Waals surface area (Å²) in [6.07, 6.45) is -2.18. The van der Waals surface area contributed by atoms with Gasteiger partial charge in [0.2, 0.25) is 0 Å². The van der Waals surface area contributed by atoms with Gasteiger partial charge in [-0.3, -0.25) is 4.79 Å². The molecule has 0 spiro atoms. The van der Waals surface area contributed by atoms with Gasteiger partial charge in [0.05, 0.1) is 12.5 Å². The zero-order chi connectivity index (χ0) is 7.44. The van der Waals surface area contributed by atoms with Crippen LogP contribution in [0.5, 0.6) is 0 Å². The van der Waals surface area contributed by atoms with E-state index in [4.69, 9.17) is 21.1 Å². The van der Waals surface area contributed by atoms with Crippen molar-refractivity contribution in [3.63, 3.8) is 0 Å². The smallest absolute Gasteiger partial charge is 0.305 e. The van der Waals surface area contributed by atoms with Crippen LogP contribution in [0.25, 0.3) is 0 Å². The molecular weight excluding hydrogens is 126 g/mol. The van der Waals surface area contributed by atoms with E-state index in [1.165, 1.54) is 0 Å². The molecule has 5 heteroatoms. The van der Waals surface area contributed by atoms with E-state index in [9.17, 15) is 4.79 Å². The minimum atomic E-state index is -1.75. The van der Waals surface area contributed by atoms with Gasteiger partial charge in [-0.25, -0.2) is 0 Å². The first kappa shape index (κ1) is 8.35. The second-order valence-electron chi connectivity index (χ2n) is 1.68. The lowest BCUT2D eigenvalue weighted by Gasteiger charge is -2.09. The van der Waals surface area contributed by atoms with Crippen molar-refractivity contribution in [2.75, 3.05) is 0 Å². The van der Waals surface area contributed by atoms with Crippen molar-refractivity contribution in [3.05, 3.63) is 0 Å². The quantitative estimate of drug-likeness (QED) is 0.338. The predicted octanol–water partition coefficient (Wildman–Crippen LogP) is -1.90. The fraction of sp³-hybridized carbons (Fsp3) is 0.750. The number of aliphatic carboxylic acids is 1. The molecule has 5 N–H and O–H groups in total. The number of nitrogens with two attached hydrogens (primary N) is 1. The standard InChI is InChI=1S/C4H9NO4/c5-2(4(8)9)1-3(6)7/h2,4,8-9H,1,5H2,(H,6,7)/t2-/m0/s1. The van der Waals surface area contributed by atoms with Crippen LogP contribution in [0.1, 0.15) is 6.42 Å². The first-order valence-corrected chi connectivity index (χ1v) is 2.37. The molecule has 0 heterocycles. The molecule has 0 rings (SSSR count). The molecule has 0 saturated carbocycles. The molecule has 0 aliphatic rings. The molecule has 1 atom stereocenters. The van der Waals surface area contributed by atoms with Crippen molar-refractivity contribution >= 4 is 5.97 Å². The van der Waals surface area contributed by atoms with Crippen LogP contribution in [-0.4, -0.2) is 33.6 Å². The summed E-state index contributed by atoms with van der Waals surface area (Å²) < 4.78 is 0. The number of carboxylic acid groups (broad SMARTS) is 1. The molecule has 5 nitrogen and oxygen atoms in total. The third-order valence-corrected chi connectivity index (χ3v) is 0.793. The van der Waals surface area contributed by atoms with Gasteiger partial charge in [0.25, 0.3) is 0 Å². The molecule has 0 unspecified atom stereocenters. The van der Waals surface area contributed by atoms with Crippen LogP contribution in [0.15, 0.2) is 0 Å². The van der Waals surface area contributed by atoms with Crippen LogP contribution in [0.3, 0.4) is 0 Å². The highest BCUT2D eigenvalue weighted by molar-refractivity contribution is 5.67. The Balaban J connectivity index is 3.50. The van der Waals surface area contributed by atoms with E-state index < -0.39 is 24.7 Å². The summed E-state index contributed by atoms with van der Waals surface area (Å²) in [6, 6.07) is -1.09. The van der Waals surface area contributed by atoms with Crippen molar-refractivity contribution < 1.29 is 20.1 Å². The Hall–Kier alpha value is -0.650. The highest BCUT2D eigenvalue weighted by Crippen LogP contribution is 1.91. The van der Waals surface area contributed by atoms with Crippen molar-refractivity contribution in [2.45, 2.75) is 18.8 Å². The Morgan fingerprint density at radius 2 is 2.00 bits per heavy atom. The number of carboxylic acids is 1. The van der Waals surface area contributed by atoms with Crippen molar-refractivity contribution in [1.29, 1.82) is 0 Å². The summed E-state index contributed by atoms with van der Waals surface area (Å²) in [4.78, 5) is 9.81. The number of aliphatic hydroxyl groups is 2. The minimum Gasteiger partial charge on any atom is -0.481 e. The summed E-state index contributed by atoms with van der Waals surface area (Å²) in [5.74, 6) is -1.14. The Bertz CT molecular complexity index is 103. The van der Waals surface area contributed by atoms with Crippen LogP contribution in [0.4, 0.5) is 0 Å². The van der Waals surface area contributed by atoms with Crippen LogP contribution in [0, 0.1) is 0 Å². The van der Waals surface area contributed by atoms with Crippen LogP contribution >= 0.6 is 0 Å². The monoisotopic (exact) mass is 135 g/mol. The minimum absolute atomic E-state index is 0.433. The van der Waals surface area contributed by atoms with E-state index in [1.807, 2.05) is 0 Å². The average molecular weight is 135 g/mol. The molecule has 9 heavy (non-hydrogen) atoms. The molecule has 0 saturated heterocycles. The fourth-order valence-electron chi connectivity index (χ4n) is 0.307. The van der Waals surface area contributed by atoms with Gasteiger partial charge >= 0.3 is 5.97 Å². The molecular formula is C4H9NO4. The Kier molecular flexibility index (Phi) is 3.15. The maximum atomic E-state index is 9.81. The predicted molar refractivity (Wildman–Crippen MR) is 28.5 cm³/mol. The van der Waals surface area contributed by atoms with Crippen molar-refractivity contribution in [1.82, 2.24) is 0 Å². The highest BCUT2D eigenvalue weighted by atomic mass is 16.5.